The maximum atomic E-state index is 6.16. The van der Waals surface area contributed by atoms with E-state index in [-0.39, 0.29) is 0 Å². The first-order valence-corrected chi connectivity index (χ1v) is 6.16. The van der Waals surface area contributed by atoms with Gasteiger partial charge in [0.25, 0.3) is 0 Å². The molecule has 0 amide bonds. The Hall–Kier alpha value is -0.0800. The van der Waals surface area contributed by atoms with Crippen LogP contribution in [0.5, 0.6) is 0 Å². The molecule has 1 aliphatic carbocycles. The van der Waals surface area contributed by atoms with Gasteiger partial charge in [-0.1, -0.05) is 20.3 Å². The van der Waals surface area contributed by atoms with E-state index < -0.39 is 0 Å². The molecule has 0 aromatic heterocycles. The van der Waals surface area contributed by atoms with Crippen LogP contribution in [0, 0.1) is 11.8 Å². The van der Waals surface area contributed by atoms with Crippen molar-refractivity contribution in [2.75, 3.05) is 13.1 Å². The summed E-state index contributed by atoms with van der Waals surface area (Å²) in [5, 5.41) is 0. The lowest BCUT2D eigenvalue weighted by molar-refractivity contribution is 0.0907. The van der Waals surface area contributed by atoms with Gasteiger partial charge in [0.15, 0.2) is 0 Å². The van der Waals surface area contributed by atoms with Crippen molar-refractivity contribution in [1.29, 1.82) is 0 Å². The summed E-state index contributed by atoms with van der Waals surface area (Å²) in [6.07, 6.45) is 5.31. The zero-order chi connectivity index (χ0) is 10.1. The van der Waals surface area contributed by atoms with Gasteiger partial charge in [-0.2, -0.15) is 0 Å². The lowest BCUT2D eigenvalue weighted by Gasteiger charge is -2.40. The van der Waals surface area contributed by atoms with Crippen LogP contribution >= 0.6 is 0 Å². The van der Waals surface area contributed by atoms with E-state index in [2.05, 4.69) is 18.7 Å². The standard InChI is InChI=1S/C12H24N2/c1-9-6-10(2)8-14(7-9)12-5-3-4-11(12)13/h9-12H,3-8,13H2,1-2H3. The molecule has 4 unspecified atom stereocenters. The predicted molar refractivity (Wildman–Crippen MR) is 60.1 cm³/mol. The number of hydrogen-bond acceptors (Lipinski definition) is 2. The van der Waals surface area contributed by atoms with Crippen molar-refractivity contribution in [3.05, 3.63) is 0 Å². The van der Waals surface area contributed by atoms with Crippen molar-refractivity contribution < 1.29 is 0 Å². The van der Waals surface area contributed by atoms with Crippen LogP contribution in [0.15, 0.2) is 0 Å². The van der Waals surface area contributed by atoms with E-state index >= 15 is 0 Å². The highest BCUT2D eigenvalue weighted by atomic mass is 15.2. The highest BCUT2D eigenvalue weighted by Gasteiger charge is 2.33. The minimum atomic E-state index is 0.451. The third kappa shape index (κ3) is 2.12. The van der Waals surface area contributed by atoms with Gasteiger partial charge < -0.3 is 5.73 Å². The first kappa shape index (κ1) is 10.4. The Bertz CT molecular complexity index is 183. The molecule has 1 aliphatic heterocycles. The molecule has 2 heteroatoms. The maximum absolute atomic E-state index is 6.16. The third-order valence-electron chi connectivity index (χ3n) is 3.90. The number of nitrogens with two attached hydrogens (primary N) is 1. The van der Waals surface area contributed by atoms with Crippen molar-refractivity contribution >= 4 is 0 Å². The molecule has 1 saturated heterocycles. The van der Waals surface area contributed by atoms with Gasteiger partial charge in [0.05, 0.1) is 0 Å². The SMILES string of the molecule is CC1CC(C)CN(C2CCCC2N)C1. The maximum Gasteiger partial charge on any atom is 0.0247 e. The molecule has 0 aromatic carbocycles. The highest BCUT2D eigenvalue weighted by molar-refractivity contribution is 4.90. The molecule has 1 heterocycles. The van der Waals surface area contributed by atoms with Crippen LogP contribution in [0.3, 0.4) is 0 Å². The summed E-state index contributed by atoms with van der Waals surface area (Å²) in [6.45, 7) is 7.32. The summed E-state index contributed by atoms with van der Waals surface area (Å²) in [6, 6.07) is 1.15. The number of rotatable bonds is 1. The van der Waals surface area contributed by atoms with Crippen molar-refractivity contribution in [2.45, 2.75) is 51.6 Å². The molecular weight excluding hydrogens is 172 g/mol. The van der Waals surface area contributed by atoms with E-state index in [9.17, 15) is 0 Å². The second-order valence-corrected chi connectivity index (χ2v) is 5.56. The summed E-state index contributed by atoms with van der Waals surface area (Å²) in [5.41, 5.74) is 6.16. The molecule has 14 heavy (non-hydrogen) atoms. The van der Waals surface area contributed by atoms with Gasteiger partial charge in [-0.05, 0) is 31.1 Å². The molecule has 0 aromatic rings. The van der Waals surface area contributed by atoms with Gasteiger partial charge in [-0.25, -0.2) is 0 Å². The Morgan fingerprint density at radius 2 is 1.71 bits per heavy atom. The minimum Gasteiger partial charge on any atom is -0.326 e. The molecule has 0 bridgehead atoms. The second-order valence-electron chi connectivity index (χ2n) is 5.56. The molecule has 2 aliphatic rings. The van der Waals surface area contributed by atoms with Crippen LogP contribution in [0.2, 0.25) is 0 Å². The summed E-state index contributed by atoms with van der Waals surface area (Å²) in [4.78, 5) is 2.66. The number of piperidine rings is 1. The van der Waals surface area contributed by atoms with Crippen LogP contribution in [-0.2, 0) is 0 Å². The van der Waals surface area contributed by atoms with Crippen molar-refractivity contribution in [2.24, 2.45) is 17.6 Å². The molecule has 2 fully saturated rings. The fourth-order valence-corrected chi connectivity index (χ4v) is 3.40. The van der Waals surface area contributed by atoms with E-state index in [4.69, 9.17) is 5.73 Å². The first-order chi connectivity index (χ1) is 6.66. The molecule has 82 valence electrons. The zero-order valence-corrected chi connectivity index (χ0v) is 9.58. The van der Waals surface area contributed by atoms with Crippen LogP contribution in [0.1, 0.15) is 39.5 Å². The van der Waals surface area contributed by atoms with Crippen LogP contribution in [0.4, 0.5) is 0 Å². The van der Waals surface area contributed by atoms with Gasteiger partial charge in [0, 0.05) is 25.2 Å². The van der Waals surface area contributed by atoms with E-state index in [1.54, 1.807) is 0 Å². The van der Waals surface area contributed by atoms with Gasteiger partial charge in [0.1, 0.15) is 0 Å². The largest absolute Gasteiger partial charge is 0.326 e. The molecule has 0 spiro atoms. The summed E-state index contributed by atoms with van der Waals surface area (Å²) in [7, 11) is 0. The van der Waals surface area contributed by atoms with Crippen molar-refractivity contribution in [1.82, 2.24) is 4.90 Å². The number of hydrogen-bond donors (Lipinski definition) is 1. The van der Waals surface area contributed by atoms with Gasteiger partial charge in [0.2, 0.25) is 0 Å². The summed E-state index contributed by atoms with van der Waals surface area (Å²) >= 11 is 0. The normalized spacial score (nSPS) is 45.6. The van der Waals surface area contributed by atoms with E-state index in [1.807, 2.05) is 0 Å². The van der Waals surface area contributed by atoms with Crippen LogP contribution in [-0.4, -0.2) is 30.1 Å². The Balaban J connectivity index is 1.95. The third-order valence-corrected chi connectivity index (χ3v) is 3.90. The number of nitrogens with zero attached hydrogens (tertiary/aromatic N) is 1. The Kier molecular flexibility index (Phi) is 3.13. The quantitative estimate of drug-likeness (QED) is 0.693. The van der Waals surface area contributed by atoms with Crippen LogP contribution in [0.25, 0.3) is 0 Å². The lowest BCUT2D eigenvalue weighted by atomic mass is 9.90. The molecule has 2 rings (SSSR count). The topological polar surface area (TPSA) is 29.3 Å². The Morgan fingerprint density at radius 1 is 1.07 bits per heavy atom. The first-order valence-electron chi connectivity index (χ1n) is 6.16. The minimum absolute atomic E-state index is 0.451. The summed E-state index contributed by atoms with van der Waals surface area (Å²) in [5.74, 6) is 1.73. The van der Waals surface area contributed by atoms with Gasteiger partial charge in [-0.3, -0.25) is 4.90 Å². The van der Waals surface area contributed by atoms with Gasteiger partial charge >= 0.3 is 0 Å². The molecular formula is C12H24N2. The van der Waals surface area contributed by atoms with Crippen molar-refractivity contribution in [3.8, 4) is 0 Å². The smallest absolute Gasteiger partial charge is 0.0247 e. The summed E-state index contributed by atoms with van der Waals surface area (Å²) < 4.78 is 0. The molecule has 1 saturated carbocycles. The van der Waals surface area contributed by atoms with E-state index in [0.717, 1.165) is 11.8 Å². The fraction of sp³-hybridized carbons (Fsp3) is 1.00. The van der Waals surface area contributed by atoms with Crippen LogP contribution < -0.4 is 5.73 Å². The molecule has 2 nitrogen and oxygen atoms in total. The highest BCUT2D eigenvalue weighted by Crippen LogP contribution is 2.29. The average Bonchev–Trinajstić information content (AvgIpc) is 2.49. The fourth-order valence-electron chi connectivity index (χ4n) is 3.40. The molecule has 2 N–H and O–H groups in total. The lowest BCUT2D eigenvalue weighted by Crippen LogP contribution is -2.50. The second kappa shape index (κ2) is 4.19. The Morgan fingerprint density at radius 3 is 2.21 bits per heavy atom. The zero-order valence-electron chi connectivity index (χ0n) is 9.58. The predicted octanol–water partition coefficient (Wildman–Crippen LogP) is 1.84. The monoisotopic (exact) mass is 196 g/mol. The van der Waals surface area contributed by atoms with E-state index in [0.29, 0.717) is 12.1 Å². The number of likely N-dealkylation sites (tertiary alicyclic amines) is 1. The van der Waals surface area contributed by atoms with E-state index in [1.165, 1.54) is 38.8 Å². The Labute approximate surface area is 87.8 Å². The van der Waals surface area contributed by atoms with Crippen molar-refractivity contribution in [3.63, 3.8) is 0 Å². The molecule has 0 radical (unpaired) electrons. The van der Waals surface area contributed by atoms with Gasteiger partial charge in [-0.15, -0.1) is 0 Å². The molecule has 4 atom stereocenters. The average molecular weight is 196 g/mol.